The third-order valence-corrected chi connectivity index (χ3v) is 4.58. The predicted octanol–water partition coefficient (Wildman–Crippen LogP) is 3.96. The van der Waals surface area contributed by atoms with Crippen LogP contribution >= 0.6 is 15.9 Å². The van der Waals surface area contributed by atoms with Crippen molar-refractivity contribution in [2.24, 2.45) is 0 Å². The molecule has 0 aromatic heterocycles. The van der Waals surface area contributed by atoms with Crippen molar-refractivity contribution in [1.82, 2.24) is 5.32 Å². The average molecular weight is 452 g/mol. The fourth-order valence-electron chi connectivity index (χ4n) is 2.37. The van der Waals surface area contributed by atoms with Crippen molar-refractivity contribution in [2.75, 3.05) is 13.2 Å². The van der Waals surface area contributed by atoms with Gasteiger partial charge in [-0.05, 0) is 60.0 Å². The molecule has 0 saturated carbocycles. The van der Waals surface area contributed by atoms with Crippen molar-refractivity contribution in [1.29, 1.82) is 0 Å². The minimum absolute atomic E-state index is 0.0490. The number of carbonyl (C=O) groups excluding carboxylic acids is 2. The largest absolute Gasteiger partial charge is 0.478 e. The Morgan fingerprint density at radius 1 is 1.18 bits per heavy atom. The van der Waals surface area contributed by atoms with E-state index in [1.807, 2.05) is 31.2 Å². The van der Waals surface area contributed by atoms with Gasteiger partial charge in [-0.2, -0.15) is 0 Å². The summed E-state index contributed by atoms with van der Waals surface area (Å²) >= 11 is 3.17. The highest BCUT2D eigenvalue weighted by Gasteiger charge is 2.17. The zero-order valence-electron chi connectivity index (χ0n) is 15.8. The van der Waals surface area contributed by atoms with Gasteiger partial charge in [-0.3, -0.25) is 4.79 Å². The van der Waals surface area contributed by atoms with Gasteiger partial charge in [0.2, 0.25) is 5.91 Å². The van der Waals surface area contributed by atoms with E-state index in [1.54, 1.807) is 0 Å². The summed E-state index contributed by atoms with van der Waals surface area (Å²) in [6.45, 7) is 3.83. The van der Waals surface area contributed by atoms with Crippen LogP contribution in [-0.4, -0.2) is 31.1 Å². The zero-order valence-corrected chi connectivity index (χ0v) is 17.4. The summed E-state index contributed by atoms with van der Waals surface area (Å²) in [6, 6.07) is 12.0. The van der Waals surface area contributed by atoms with Crippen molar-refractivity contribution in [2.45, 2.75) is 32.8 Å². The lowest BCUT2D eigenvalue weighted by Crippen LogP contribution is -2.31. The molecule has 0 aliphatic heterocycles. The van der Waals surface area contributed by atoms with Crippen LogP contribution in [0.1, 0.15) is 24.5 Å². The maximum Gasteiger partial charge on any atom is 0.347 e. The van der Waals surface area contributed by atoms with Crippen LogP contribution in [0.15, 0.2) is 46.9 Å². The second-order valence-corrected chi connectivity index (χ2v) is 7.19. The first-order valence-corrected chi connectivity index (χ1v) is 9.75. The molecule has 0 aliphatic carbocycles. The first-order chi connectivity index (χ1) is 13.3. The van der Waals surface area contributed by atoms with Crippen molar-refractivity contribution in [3.05, 3.63) is 63.9 Å². The van der Waals surface area contributed by atoms with Crippen LogP contribution < -0.4 is 10.1 Å². The first-order valence-electron chi connectivity index (χ1n) is 8.95. The summed E-state index contributed by atoms with van der Waals surface area (Å²) in [7, 11) is 0. The summed E-state index contributed by atoms with van der Waals surface area (Å²) in [5.74, 6) is -0.732. The van der Waals surface area contributed by atoms with Gasteiger partial charge in [-0.25, -0.2) is 9.18 Å². The lowest BCUT2D eigenvalue weighted by atomic mass is 10.1. The van der Waals surface area contributed by atoms with Gasteiger partial charge in [0.05, 0.1) is 11.0 Å². The summed E-state index contributed by atoms with van der Waals surface area (Å²) in [6.07, 6.45) is 0.164. The monoisotopic (exact) mass is 451 g/mol. The molecule has 0 spiro atoms. The van der Waals surface area contributed by atoms with Gasteiger partial charge in [0.25, 0.3) is 0 Å². The number of hydrogen-bond donors (Lipinski definition) is 1. The highest BCUT2D eigenvalue weighted by molar-refractivity contribution is 9.10. The Morgan fingerprint density at radius 2 is 1.89 bits per heavy atom. The molecule has 2 rings (SSSR count). The van der Waals surface area contributed by atoms with Gasteiger partial charge >= 0.3 is 5.97 Å². The summed E-state index contributed by atoms with van der Waals surface area (Å²) in [5, 5.41) is 2.72. The number of carbonyl (C=O) groups is 2. The lowest BCUT2D eigenvalue weighted by Gasteiger charge is -2.15. The molecule has 0 heterocycles. The van der Waals surface area contributed by atoms with E-state index in [0.29, 0.717) is 23.1 Å². The van der Waals surface area contributed by atoms with E-state index in [9.17, 15) is 14.0 Å². The number of ether oxygens (including phenoxy) is 2. The highest BCUT2D eigenvalue weighted by Crippen LogP contribution is 2.26. The Balaban J connectivity index is 1.64. The van der Waals surface area contributed by atoms with Crippen LogP contribution in [0.4, 0.5) is 4.39 Å². The van der Waals surface area contributed by atoms with Crippen LogP contribution in [0.25, 0.3) is 0 Å². The third kappa shape index (κ3) is 7.31. The van der Waals surface area contributed by atoms with Gasteiger partial charge in [-0.1, -0.05) is 29.8 Å². The Hall–Kier alpha value is -2.41. The smallest absolute Gasteiger partial charge is 0.347 e. The molecule has 1 N–H and O–H groups in total. The fraction of sp³-hybridized carbons (Fsp3) is 0.333. The Labute approximate surface area is 172 Å². The minimum atomic E-state index is -0.862. The minimum Gasteiger partial charge on any atom is -0.478 e. The summed E-state index contributed by atoms with van der Waals surface area (Å²) in [4.78, 5) is 23.8. The van der Waals surface area contributed by atoms with E-state index in [0.717, 1.165) is 5.56 Å². The number of amides is 1. The Morgan fingerprint density at radius 3 is 2.57 bits per heavy atom. The lowest BCUT2D eigenvalue weighted by molar-refractivity contribution is -0.151. The number of hydrogen-bond acceptors (Lipinski definition) is 4. The second-order valence-electron chi connectivity index (χ2n) is 6.34. The molecule has 0 radical (unpaired) electrons. The van der Waals surface area contributed by atoms with E-state index in [1.165, 1.54) is 30.7 Å². The topological polar surface area (TPSA) is 64.6 Å². The second kappa shape index (κ2) is 10.8. The molecule has 0 fully saturated rings. The van der Waals surface area contributed by atoms with Crippen LogP contribution in [0, 0.1) is 12.7 Å². The maximum atomic E-state index is 13.1. The standard InChI is InChI=1S/C21H23BrFNO4/c1-14-3-5-16(6-4-14)7-10-20(25)24-11-12-27-21(26)15(2)28-19-9-8-17(23)13-18(19)22/h3-6,8-9,13,15H,7,10-12H2,1-2H3,(H,24,25). The maximum absolute atomic E-state index is 13.1. The highest BCUT2D eigenvalue weighted by atomic mass is 79.9. The van der Waals surface area contributed by atoms with E-state index in [4.69, 9.17) is 9.47 Å². The van der Waals surface area contributed by atoms with E-state index in [-0.39, 0.29) is 19.1 Å². The number of halogens is 2. The molecule has 1 amide bonds. The number of rotatable bonds is 9. The van der Waals surface area contributed by atoms with E-state index >= 15 is 0 Å². The normalized spacial score (nSPS) is 11.6. The zero-order chi connectivity index (χ0) is 20.5. The Bertz CT molecular complexity index is 811. The van der Waals surface area contributed by atoms with Crippen molar-refractivity contribution in [3.63, 3.8) is 0 Å². The molecule has 1 unspecified atom stereocenters. The quantitative estimate of drug-likeness (QED) is 0.462. The van der Waals surface area contributed by atoms with Crippen LogP contribution in [0.5, 0.6) is 5.75 Å². The molecular weight excluding hydrogens is 429 g/mol. The molecule has 0 bridgehead atoms. The molecule has 2 aromatic carbocycles. The van der Waals surface area contributed by atoms with E-state index in [2.05, 4.69) is 21.2 Å². The number of nitrogens with one attached hydrogen (secondary N) is 1. The van der Waals surface area contributed by atoms with Crippen LogP contribution in [0.3, 0.4) is 0 Å². The van der Waals surface area contributed by atoms with Crippen LogP contribution in [-0.2, 0) is 20.7 Å². The van der Waals surface area contributed by atoms with Gasteiger partial charge in [0.1, 0.15) is 18.2 Å². The van der Waals surface area contributed by atoms with Crippen molar-refractivity contribution >= 4 is 27.8 Å². The van der Waals surface area contributed by atoms with Gasteiger partial charge in [0, 0.05) is 6.42 Å². The molecule has 2 aromatic rings. The first kappa shape index (κ1) is 21.9. The molecule has 150 valence electrons. The fourth-order valence-corrected chi connectivity index (χ4v) is 2.81. The molecular formula is C21H23BrFNO4. The van der Waals surface area contributed by atoms with Gasteiger partial charge in [0.15, 0.2) is 6.10 Å². The number of esters is 1. The molecule has 5 nitrogen and oxygen atoms in total. The number of benzene rings is 2. The van der Waals surface area contributed by atoms with Crippen LogP contribution in [0.2, 0.25) is 0 Å². The Kier molecular flexibility index (Phi) is 8.44. The summed E-state index contributed by atoms with van der Waals surface area (Å²) in [5.41, 5.74) is 2.28. The third-order valence-electron chi connectivity index (χ3n) is 3.96. The molecule has 7 heteroatoms. The molecule has 28 heavy (non-hydrogen) atoms. The molecule has 1 atom stereocenters. The van der Waals surface area contributed by atoms with Crippen molar-refractivity contribution in [3.8, 4) is 5.75 Å². The summed E-state index contributed by atoms with van der Waals surface area (Å²) < 4.78 is 24.0. The van der Waals surface area contributed by atoms with Gasteiger partial charge in [-0.15, -0.1) is 0 Å². The molecule has 0 aliphatic rings. The SMILES string of the molecule is Cc1ccc(CCC(=O)NCCOC(=O)C(C)Oc2ccc(F)cc2Br)cc1. The van der Waals surface area contributed by atoms with E-state index < -0.39 is 17.9 Å². The molecule has 0 saturated heterocycles. The average Bonchev–Trinajstić information content (AvgIpc) is 2.66. The number of aryl methyl sites for hydroxylation is 2. The predicted molar refractivity (Wildman–Crippen MR) is 108 cm³/mol. The van der Waals surface area contributed by atoms with Gasteiger partial charge < -0.3 is 14.8 Å². The van der Waals surface area contributed by atoms with Crippen molar-refractivity contribution < 1.29 is 23.5 Å².